The molecule has 4 nitrogen and oxygen atoms in total. The van der Waals surface area contributed by atoms with Crippen LogP contribution >= 0.6 is 0 Å². The Kier molecular flexibility index (Phi) is 15.2. The van der Waals surface area contributed by atoms with Crippen LogP contribution in [0.15, 0.2) is 19.0 Å². The van der Waals surface area contributed by atoms with Gasteiger partial charge in [-0.3, -0.25) is 0 Å². The van der Waals surface area contributed by atoms with Crippen molar-refractivity contribution >= 4 is 11.5 Å². The predicted molar refractivity (Wildman–Crippen MR) is 103 cm³/mol. The van der Waals surface area contributed by atoms with Gasteiger partial charge in [0.1, 0.15) is 23.2 Å². The van der Waals surface area contributed by atoms with Gasteiger partial charge >= 0.3 is 0 Å². The van der Waals surface area contributed by atoms with E-state index in [1.807, 2.05) is 37.9 Å². The number of fused-ring (bicyclic) bond motifs is 1. The number of rotatable bonds is 0. The van der Waals surface area contributed by atoms with Crippen molar-refractivity contribution in [1.29, 1.82) is 0 Å². The molecule has 0 aliphatic carbocycles. The Hall–Kier alpha value is -1.71. The third-order valence-corrected chi connectivity index (χ3v) is 3.06. The van der Waals surface area contributed by atoms with Crippen LogP contribution in [0.4, 0.5) is 5.82 Å². The first-order valence-corrected chi connectivity index (χ1v) is 4.84. The molecule has 1 aromatic rings. The van der Waals surface area contributed by atoms with E-state index in [0.717, 1.165) is 28.9 Å². The normalized spacial score (nSPS) is 11.4. The number of nitrogens with zero attached hydrogens (tertiary/aromatic N) is 4. The number of hydrogen-bond acceptors (Lipinski definition) is 3. The minimum atomic E-state index is 0. The van der Waals surface area contributed by atoms with E-state index in [1.165, 1.54) is 0 Å². The number of aryl methyl sites for hydroxylation is 1. The molecule has 2 heterocycles. The summed E-state index contributed by atoms with van der Waals surface area (Å²) in [4.78, 5) is 8.49. The first-order chi connectivity index (χ1) is 6.95. The second-order valence-electron chi connectivity index (χ2n) is 3.87. The summed E-state index contributed by atoms with van der Waals surface area (Å²) in [6.45, 7) is 10.1. The maximum Gasteiger partial charge on any atom is 0.143 e. The van der Waals surface area contributed by atoms with Gasteiger partial charge in [-0.2, -0.15) is 0 Å². The maximum absolute atomic E-state index is 4.51. The van der Waals surface area contributed by atoms with Crippen molar-refractivity contribution in [3.63, 3.8) is 0 Å². The van der Waals surface area contributed by atoms with Gasteiger partial charge in [-0.05, 0) is 6.92 Å². The SMILES string of the molecule is C.C.C.C.C.C.C=C1c2nc(C)n(C)c2N(C)C(=C)N1C. The topological polar surface area (TPSA) is 24.3 Å². The molecule has 1 aliphatic rings. The quantitative estimate of drug-likeness (QED) is 0.644. The summed E-state index contributed by atoms with van der Waals surface area (Å²) >= 11 is 0. The van der Waals surface area contributed by atoms with Crippen molar-refractivity contribution in [3.8, 4) is 0 Å². The summed E-state index contributed by atoms with van der Waals surface area (Å²) < 4.78 is 2.05. The summed E-state index contributed by atoms with van der Waals surface area (Å²) in [5.41, 5.74) is 1.84. The Bertz CT molecular complexity index is 458. The van der Waals surface area contributed by atoms with Gasteiger partial charge in [-0.15, -0.1) is 0 Å². The number of hydrogen-bond donors (Lipinski definition) is 0. The molecule has 0 atom stereocenters. The minimum Gasteiger partial charge on any atom is -0.330 e. The van der Waals surface area contributed by atoms with Crippen LogP contribution in [0, 0.1) is 6.92 Å². The molecule has 0 saturated heterocycles. The van der Waals surface area contributed by atoms with Gasteiger partial charge in [-0.25, -0.2) is 4.98 Å². The van der Waals surface area contributed by atoms with E-state index in [2.05, 4.69) is 22.7 Å². The highest BCUT2D eigenvalue weighted by atomic mass is 15.4. The maximum atomic E-state index is 4.51. The van der Waals surface area contributed by atoms with Gasteiger partial charge in [0.05, 0.1) is 5.70 Å². The van der Waals surface area contributed by atoms with E-state index in [1.54, 1.807) is 0 Å². The zero-order valence-electron chi connectivity index (χ0n) is 9.70. The van der Waals surface area contributed by atoms with E-state index in [4.69, 9.17) is 0 Å². The molecule has 0 amide bonds. The lowest BCUT2D eigenvalue weighted by atomic mass is 10.2. The summed E-state index contributed by atoms with van der Waals surface area (Å²) in [6, 6.07) is 0. The van der Waals surface area contributed by atoms with E-state index in [-0.39, 0.29) is 44.6 Å². The second-order valence-corrected chi connectivity index (χ2v) is 3.87. The smallest absolute Gasteiger partial charge is 0.143 e. The van der Waals surface area contributed by atoms with E-state index in [9.17, 15) is 0 Å². The molecule has 1 aromatic heterocycles. The zero-order valence-corrected chi connectivity index (χ0v) is 9.70. The summed E-state index contributed by atoms with van der Waals surface area (Å²) in [5, 5.41) is 0. The van der Waals surface area contributed by atoms with Crippen molar-refractivity contribution in [2.24, 2.45) is 7.05 Å². The van der Waals surface area contributed by atoms with Gasteiger partial charge in [0.15, 0.2) is 0 Å². The molecule has 0 aromatic carbocycles. The number of imidazole rings is 1. The molecule has 0 saturated carbocycles. The van der Waals surface area contributed by atoms with E-state index < -0.39 is 0 Å². The molecule has 0 radical (unpaired) electrons. The van der Waals surface area contributed by atoms with E-state index >= 15 is 0 Å². The highest BCUT2D eigenvalue weighted by Gasteiger charge is 2.28. The molecular formula is C17H40N4. The van der Waals surface area contributed by atoms with Gasteiger partial charge in [0.2, 0.25) is 0 Å². The summed E-state index contributed by atoms with van der Waals surface area (Å²) in [7, 11) is 5.95. The Balaban J connectivity index is -0.000000142. The molecule has 0 bridgehead atoms. The fraction of sp³-hybridized carbons (Fsp3) is 0.588. The molecule has 128 valence electrons. The average Bonchev–Trinajstić information content (AvgIpc) is 2.50. The molecular weight excluding hydrogens is 260 g/mol. The molecule has 0 unspecified atom stereocenters. The van der Waals surface area contributed by atoms with Crippen LogP contribution in [0.2, 0.25) is 0 Å². The third-order valence-electron chi connectivity index (χ3n) is 3.06. The molecule has 1 aliphatic heterocycles. The van der Waals surface area contributed by atoms with Crippen molar-refractivity contribution in [1.82, 2.24) is 14.5 Å². The standard InChI is InChI=1S/C11H16N4.6CH4/c1-7-10-11(14(5)8(2)12-10)15(6)9(3)13(7)4;;;;;;/h1,3H2,2,4-6H3;6*1H4. The Labute approximate surface area is 134 Å². The lowest BCUT2D eigenvalue weighted by molar-refractivity contribution is 0.559. The minimum absolute atomic E-state index is 0. The van der Waals surface area contributed by atoms with Gasteiger partial charge in [0, 0.05) is 21.1 Å². The Morgan fingerprint density at radius 1 is 0.810 bits per heavy atom. The molecule has 0 spiro atoms. The fourth-order valence-electron chi connectivity index (χ4n) is 1.84. The van der Waals surface area contributed by atoms with Gasteiger partial charge < -0.3 is 14.4 Å². The second kappa shape index (κ2) is 10.1. The Morgan fingerprint density at radius 3 is 1.67 bits per heavy atom. The van der Waals surface area contributed by atoms with Crippen LogP contribution in [-0.2, 0) is 7.05 Å². The summed E-state index contributed by atoms with van der Waals surface area (Å²) in [6.07, 6.45) is 0. The molecule has 4 heteroatoms. The van der Waals surface area contributed by atoms with Crippen molar-refractivity contribution in [2.75, 3.05) is 19.0 Å². The van der Waals surface area contributed by atoms with Gasteiger partial charge in [-0.1, -0.05) is 57.7 Å². The lowest BCUT2D eigenvalue weighted by Crippen LogP contribution is -2.34. The third kappa shape index (κ3) is 4.13. The van der Waals surface area contributed by atoms with E-state index in [0.29, 0.717) is 0 Å². The molecule has 0 fully saturated rings. The van der Waals surface area contributed by atoms with Crippen molar-refractivity contribution in [3.05, 3.63) is 30.5 Å². The predicted octanol–water partition coefficient (Wildman–Crippen LogP) is 5.37. The molecule has 0 N–H and O–H groups in total. The largest absolute Gasteiger partial charge is 0.330 e. The van der Waals surface area contributed by atoms with Crippen LogP contribution < -0.4 is 4.90 Å². The van der Waals surface area contributed by atoms with Crippen LogP contribution in [0.1, 0.15) is 56.1 Å². The molecule has 2 rings (SSSR count). The monoisotopic (exact) mass is 300 g/mol. The van der Waals surface area contributed by atoms with Crippen LogP contribution in [0.3, 0.4) is 0 Å². The number of anilines is 1. The zero-order chi connectivity index (χ0) is 11.3. The summed E-state index contributed by atoms with van der Waals surface area (Å²) in [5.74, 6) is 2.95. The first kappa shape index (κ1) is 31.6. The average molecular weight is 301 g/mol. The van der Waals surface area contributed by atoms with Crippen molar-refractivity contribution in [2.45, 2.75) is 51.5 Å². The van der Waals surface area contributed by atoms with Crippen LogP contribution in [-0.4, -0.2) is 28.5 Å². The molecule has 21 heavy (non-hydrogen) atoms. The highest BCUT2D eigenvalue weighted by Crippen LogP contribution is 2.35. The highest BCUT2D eigenvalue weighted by molar-refractivity contribution is 5.76. The Morgan fingerprint density at radius 2 is 1.24 bits per heavy atom. The first-order valence-electron chi connectivity index (χ1n) is 4.84. The van der Waals surface area contributed by atoms with Gasteiger partial charge in [0.25, 0.3) is 0 Å². The number of aromatic nitrogens is 2. The van der Waals surface area contributed by atoms with Crippen LogP contribution in [0.25, 0.3) is 5.70 Å². The lowest BCUT2D eigenvalue weighted by Gasteiger charge is -2.36. The fourth-order valence-corrected chi connectivity index (χ4v) is 1.84. The van der Waals surface area contributed by atoms with Crippen LogP contribution in [0.5, 0.6) is 0 Å². The van der Waals surface area contributed by atoms with Crippen molar-refractivity contribution < 1.29 is 0 Å².